The van der Waals surface area contributed by atoms with Gasteiger partial charge in [-0.25, -0.2) is 9.97 Å². The van der Waals surface area contributed by atoms with Crippen LogP contribution < -0.4 is 0 Å². The van der Waals surface area contributed by atoms with Crippen LogP contribution in [0.25, 0.3) is 11.2 Å². The van der Waals surface area contributed by atoms with Crippen molar-refractivity contribution >= 4 is 22.9 Å². The Kier molecular flexibility index (Phi) is 5.41. The second-order valence-electron chi connectivity index (χ2n) is 7.97. The minimum absolute atomic E-state index is 0.00850. The smallest absolute Gasteiger partial charge is 0.255 e. The summed E-state index contributed by atoms with van der Waals surface area (Å²) < 4.78 is 1.93. The Balaban J connectivity index is 1.32. The van der Waals surface area contributed by atoms with Gasteiger partial charge in [-0.3, -0.25) is 19.6 Å². The molecule has 0 bridgehead atoms. The molecule has 1 amide bonds. The van der Waals surface area contributed by atoms with E-state index in [-0.39, 0.29) is 17.6 Å². The van der Waals surface area contributed by atoms with E-state index in [4.69, 9.17) is 0 Å². The zero-order chi connectivity index (χ0) is 21.9. The van der Waals surface area contributed by atoms with Crippen molar-refractivity contribution in [3.05, 3.63) is 84.3 Å². The Morgan fingerprint density at radius 1 is 1.03 bits per heavy atom. The lowest BCUT2D eigenvalue weighted by Gasteiger charge is -2.31. The highest BCUT2D eigenvalue weighted by Gasteiger charge is 2.30. The lowest BCUT2D eigenvalue weighted by atomic mass is 9.91. The molecule has 32 heavy (non-hydrogen) atoms. The fourth-order valence-electron chi connectivity index (χ4n) is 4.15. The molecule has 1 aliphatic rings. The van der Waals surface area contributed by atoms with Crippen LogP contribution >= 0.6 is 0 Å². The molecule has 160 valence electrons. The molecule has 0 aromatic carbocycles. The highest BCUT2D eigenvalue weighted by Crippen LogP contribution is 2.23. The minimum Gasteiger partial charge on any atom is -0.338 e. The molecule has 0 radical (unpaired) electrons. The molecule has 4 aromatic rings. The molecule has 4 aromatic heterocycles. The number of hydrogen-bond acceptors (Lipinski definition) is 6. The molecule has 0 spiro atoms. The van der Waals surface area contributed by atoms with Gasteiger partial charge in [-0.2, -0.15) is 0 Å². The number of carbonyl (C=O) groups excluding carboxylic acids is 2. The van der Waals surface area contributed by atoms with Gasteiger partial charge in [0.25, 0.3) is 5.91 Å². The lowest BCUT2D eigenvalue weighted by molar-refractivity contribution is 0.0635. The summed E-state index contributed by atoms with van der Waals surface area (Å²) in [5.74, 6) is -0.372. The second kappa shape index (κ2) is 8.66. The molecule has 0 aliphatic carbocycles. The largest absolute Gasteiger partial charge is 0.338 e. The Labute approximate surface area is 185 Å². The number of Topliss-reactive ketones (excluding diaryl/α,β-unsaturated/α-hetero) is 1. The quantitative estimate of drug-likeness (QED) is 0.456. The van der Waals surface area contributed by atoms with E-state index in [0.29, 0.717) is 42.1 Å². The first-order chi connectivity index (χ1) is 15.7. The maximum atomic E-state index is 13.2. The fraction of sp³-hybridized carbons (Fsp3) is 0.250. The van der Waals surface area contributed by atoms with Crippen molar-refractivity contribution in [1.82, 2.24) is 29.4 Å². The number of fused-ring (bicyclic) bond motifs is 1. The van der Waals surface area contributed by atoms with Crippen molar-refractivity contribution in [3.63, 3.8) is 0 Å². The highest BCUT2D eigenvalue weighted by atomic mass is 16.2. The standard InChI is InChI=1S/C24H22N6O2/c31-22(20-7-1-2-9-26-20)18-6-4-10-29(15-18)24(32)19-11-21-23(27-13-19)30(16-28-21)14-17-5-3-8-25-12-17/h1-3,5,7-9,11-13,16,18H,4,6,10,14-15H2. The van der Waals surface area contributed by atoms with Gasteiger partial charge in [0, 0.05) is 43.8 Å². The Hall–Kier alpha value is -3.94. The fourth-order valence-corrected chi connectivity index (χ4v) is 4.15. The number of piperidine rings is 1. The van der Waals surface area contributed by atoms with Gasteiger partial charge in [0.05, 0.1) is 18.4 Å². The summed E-state index contributed by atoms with van der Waals surface area (Å²) in [6.45, 7) is 1.62. The second-order valence-corrected chi connectivity index (χ2v) is 7.97. The number of amides is 1. The number of imidazole rings is 1. The third kappa shape index (κ3) is 3.99. The first-order valence-electron chi connectivity index (χ1n) is 10.6. The Bertz CT molecular complexity index is 1260. The van der Waals surface area contributed by atoms with Crippen LogP contribution in [0.15, 0.2) is 67.5 Å². The van der Waals surface area contributed by atoms with Gasteiger partial charge in [-0.15, -0.1) is 0 Å². The first-order valence-corrected chi connectivity index (χ1v) is 10.6. The predicted octanol–water partition coefficient (Wildman–Crippen LogP) is 3.00. The maximum absolute atomic E-state index is 13.2. The number of nitrogens with zero attached hydrogens (tertiary/aromatic N) is 6. The van der Waals surface area contributed by atoms with Gasteiger partial charge in [-0.05, 0) is 42.7 Å². The van der Waals surface area contributed by atoms with Crippen molar-refractivity contribution in [2.24, 2.45) is 5.92 Å². The topological polar surface area (TPSA) is 93.9 Å². The van der Waals surface area contributed by atoms with Crippen LogP contribution in [0.5, 0.6) is 0 Å². The number of rotatable bonds is 5. The first kappa shape index (κ1) is 20.0. The summed E-state index contributed by atoms with van der Waals surface area (Å²) in [5.41, 5.74) is 3.36. The minimum atomic E-state index is -0.238. The van der Waals surface area contributed by atoms with E-state index in [9.17, 15) is 9.59 Å². The van der Waals surface area contributed by atoms with Gasteiger partial charge < -0.3 is 9.47 Å². The Morgan fingerprint density at radius 3 is 2.78 bits per heavy atom. The molecule has 8 nitrogen and oxygen atoms in total. The molecule has 1 unspecified atom stereocenters. The summed E-state index contributed by atoms with van der Waals surface area (Å²) >= 11 is 0. The van der Waals surface area contributed by atoms with Crippen molar-refractivity contribution in [2.45, 2.75) is 19.4 Å². The van der Waals surface area contributed by atoms with Gasteiger partial charge in [0.15, 0.2) is 11.4 Å². The van der Waals surface area contributed by atoms with Crippen LogP contribution in [0.4, 0.5) is 0 Å². The molecule has 1 atom stereocenters. The molecule has 1 saturated heterocycles. The average molecular weight is 426 g/mol. The summed E-state index contributed by atoms with van der Waals surface area (Å²) in [7, 11) is 0. The van der Waals surface area contributed by atoms with E-state index in [1.165, 1.54) is 0 Å². The van der Waals surface area contributed by atoms with Gasteiger partial charge in [-0.1, -0.05) is 12.1 Å². The Morgan fingerprint density at radius 2 is 1.97 bits per heavy atom. The third-order valence-corrected chi connectivity index (χ3v) is 5.77. The third-order valence-electron chi connectivity index (χ3n) is 5.77. The molecule has 8 heteroatoms. The summed E-state index contributed by atoms with van der Waals surface area (Å²) in [5, 5.41) is 0. The average Bonchev–Trinajstić information content (AvgIpc) is 3.26. The number of ketones is 1. The van der Waals surface area contributed by atoms with Crippen LogP contribution in [0.3, 0.4) is 0 Å². The van der Waals surface area contributed by atoms with E-state index in [0.717, 1.165) is 18.4 Å². The molecule has 0 saturated carbocycles. The number of hydrogen-bond donors (Lipinski definition) is 0. The number of pyridine rings is 3. The normalized spacial score (nSPS) is 16.2. The summed E-state index contributed by atoms with van der Waals surface area (Å²) in [6, 6.07) is 11.0. The number of aromatic nitrogens is 5. The molecule has 1 aliphatic heterocycles. The van der Waals surface area contributed by atoms with Crippen LogP contribution in [-0.4, -0.2) is 54.2 Å². The summed E-state index contributed by atoms with van der Waals surface area (Å²) in [6.07, 6.45) is 10.0. The summed E-state index contributed by atoms with van der Waals surface area (Å²) in [4.78, 5) is 45.0. The van der Waals surface area contributed by atoms with Crippen LogP contribution in [0, 0.1) is 5.92 Å². The number of likely N-dealkylation sites (tertiary alicyclic amines) is 1. The predicted molar refractivity (Wildman–Crippen MR) is 118 cm³/mol. The van der Waals surface area contributed by atoms with Crippen LogP contribution in [0.1, 0.15) is 39.3 Å². The van der Waals surface area contributed by atoms with E-state index in [1.54, 1.807) is 54.1 Å². The molecule has 0 N–H and O–H groups in total. The molecular formula is C24H22N6O2. The zero-order valence-electron chi connectivity index (χ0n) is 17.5. The lowest BCUT2D eigenvalue weighted by Crippen LogP contribution is -2.42. The van der Waals surface area contributed by atoms with E-state index < -0.39 is 0 Å². The molecule has 5 heterocycles. The zero-order valence-corrected chi connectivity index (χ0v) is 17.5. The molecular weight excluding hydrogens is 404 g/mol. The van der Waals surface area contributed by atoms with E-state index >= 15 is 0 Å². The molecule has 5 rings (SSSR count). The highest BCUT2D eigenvalue weighted by molar-refractivity contribution is 5.99. The van der Waals surface area contributed by atoms with Crippen molar-refractivity contribution in [1.29, 1.82) is 0 Å². The van der Waals surface area contributed by atoms with Crippen molar-refractivity contribution in [2.75, 3.05) is 13.1 Å². The van der Waals surface area contributed by atoms with Crippen molar-refractivity contribution < 1.29 is 9.59 Å². The van der Waals surface area contributed by atoms with E-state index in [1.807, 2.05) is 22.9 Å². The van der Waals surface area contributed by atoms with Gasteiger partial charge in [0.2, 0.25) is 0 Å². The van der Waals surface area contributed by atoms with Gasteiger partial charge in [0.1, 0.15) is 11.2 Å². The van der Waals surface area contributed by atoms with E-state index in [2.05, 4.69) is 19.9 Å². The maximum Gasteiger partial charge on any atom is 0.255 e. The SMILES string of the molecule is O=C(c1ccccn1)C1CCCN(C(=O)c2cnc3c(c2)ncn3Cc2cccnc2)C1. The van der Waals surface area contributed by atoms with Crippen molar-refractivity contribution in [3.8, 4) is 0 Å². The molecule has 1 fully saturated rings. The number of carbonyl (C=O) groups is 2. The monoisotopic (exact) mass is 426 g/mol. The van der Waals surface area contributed by atoms with Gasteiger partial charge >= 0.3 is 0 Å². The van der Waals surface area contributed by atoms with Crippen LogP contribution in [0.2, 0.25) is 0 Å². The van der Waals surface area contributed by atoms with Crippen LogP contribution in [-0.2, 0) is 6.54 Å².